The summed E-state index contributed by atoms with van der Waals surface area (Å²) in [4.78, 5) is 17.6. The first-order valence-corrected chi connectivity index (χ1v) is 12.6. The van der Waals surface area contributed by atoms with Crippen LogP contribution in [0.15, 0.2) is 85.2 Å². The van der Waals surface area contributed by atoms with Crippen LogP contribution in [0.25, 0.3) is 5.69 Å². The average molecular weight is 550 g/mol. The molecular formula is C27H24ClN5O4S. The minimum atomic E-state index is -0.403. The summed E-state index contributed by atoms with van der Waals surface area (Å²) < 4.78 is 12.7. The molecule has 1 aliphatic rings. The molecule has 1 aliphatic heterocycles. The number of ether oxygens (including phenoxy) is 2. The van der Waals surface area contributed by atoms with Crippen LogP contribution in [-0.2, 0) is 4.74 Å². The SMILES string of the molecule is COCCOc1ccc(N2C(=S)N[C@H](c3ccccn3)[C@H]2c2cccn2-c2cccc([N+](=O)[O-])c2)cc1Cl. The summed E-state index contributed by atoms with van der Waals surface area (Å²) in [5, 5.41) is 15.8. The second-order valence-electron chi connectivity index (χ2n) is 8.53. The van der Waals surface area contributed by atoms with E-state index in [1.807, 2.05) is 64.2 Å². The molecule has 9 nitrogen and oxygen atoms in total. The number of thiocarbonyl (C=S) groups is 1. The number of nitrogens with one attached hydrogen (secondary N) is 1. The van der Waals surface area contributed by atoms with Crippen LogP contribution >= 0.6 is 23.8 Å². The van der Waals surface area contributed by atoms with Crippen molar-refractivity contribution >= 4 is 40.3 Å². The zero-order chi connectivity index (χ0) is 26.6. The van der Waals surface area contributed by atoms with Crippen molar-refractivity contribution in [1.29, 1.82) is 0 Å². The molecule has 2 aromatic carbocycles. The van der Waals surface area contributed by atoms with E-state index in [-0.39, 0.29) is 17.8 Å². The monoisotopic (exact) mass is 549 g/mol. The lowest BCUT2D eigenvalue weighted by Crippen LogP contribution is -2.30. The predicted molar refractivity (Wildman–Crippen MR) is 149 cm³/mol. The molecule has 0 saturated carbocycles. The van der Waals surface area contributed by atoms with Crippen LogP contribution < -0.4 is 15.0 Å². The number of rotatable bonds is 9. The molecule has 194 valence electrons. The Kier molecular flexibility index (Phi) is 7.54. The third-order valence-electron chi connectivity index (χ3n) is 6.24. The maximum Gasteiger partial charge on any atom is 0.271 e. The summed E-state index contributed by atoms with van der Waals surface area (Å²) in [5.74, 6) is 0.545. The summed E-state index contributed by atoms with van der Waals surface area (Å²) in [5.41, 5.74) is 3.11. The molecule has 0 amide bonds. The number of methoxy groups -OCH3 is 1. The highest BCUT2D eigenvalue weighted by molar-refractivity contribution is 7.80. The summed E-state index contributed by atoms with van der Waals surface area (Å²) in [6, 6.07) is 21.0. The topological polar surface area (TPSA) is 94.7 Å². The van der Waals surface area contributed by atoms with E-state index in [0.29, 0.717) is 34.8 Å². The molecule has 1 saturated heterocycles. The number of benzene rings is 2. The quantitative estimate of drug-likeness (QED) is 0.124. The number of halogens is 1. The molecule has 5 rings (SSSR count). The normalized spacial score (nSPS) is 16.9. The fourth-order valence-electron chi connectivity index (χ4n) is 4.55. The van der Waals surface area contributed by atoms with E-state index >= 15 is 0 Å². The second kappa shape index (κ2) is 11.2. The van der Waals surface area contributed by atoms with Gasteiger partial charge in [-0.05, 0) is 60.7 Å². The van der Waals surface area contributed by atoms with Gasteiger partial charge in [-0.25, -0.2) is 0 Å². The smallest absolute Gasteiger partial charge is 0.271 e. The Hall–Kier alpha value is -3.99. The number of nitro benzene ring substituents is 1. The van der Waals surface area contributed by atoms with Gasteiger partial charge in [0.2, 0.25) is 0 Å². The van der Waals surface area contributed by atoms with E-state index in [2.05, 4.69) is 10.3 Å². The first kappa shape index (κ1) is 25.7. The number of non-ortho nitro benzene ring substituents is 1. The van der Waals surface area contributed by atoms with Crippen molar-refractivity contribution in [1.82, 2.24) is 14.9 Å². The Morgan fingerprint density at radius 2 is 1.95 bits per heavy atom. The minimum absolute atomic E-state index is 0.0104. The molecule has 1 fully saturated rings. The predicted octanol–water partition coefficient (Wildman–Crippen LogP) is 5.64. The van der Waals surface area contributed by atoms with Gasteiger partial charge < -0.3 is 24.3 Å². The number of hydrogen-bond donors (Lipinski definition) is 1. The molecule has 0 unspecified atom stereocenters. The minimum Gasteiger partial charge on any atom is -0.490 e. The van der Waals surface area contributed by atoms with Crippen molar-refractivity contribution in [2.24, 2.45) is 0 Å². The summed E-state index contributed by atoms with van der Waals surface area (Å²) in [7, 11) is 1.61. The molecule has 0 aliphatic carbocycles. The van der Waals surface area contributed by atoms with Gasteiger partial charge in [-0.15, -0.1) is 0 Å². The van der Waals surface area contributed by atoms with Crippen LogP contribution in [0.5, 0.6) is 5.75 Å². The molecule has 11 heteroatoms. The van der Waals surface area contributed by atoms with Crippen molar-refractivity contribution in [2.45, 2.75) is 12.1 Å². The number of pyridine rings is 1. The lowest BCUT2D eigenvalue weighted by Gasteiger charge is -2.29. The van der Waals surface area contributed by atoms with Gasteiger partial charge in [0, 0.05) is 43.0 Å². The number of hydrogen-bond acceptors (Lipinski definition) is 6. The summed E-state index contributed by atoms with van der Waals surface area (Å²) in [6.45, 7) is 0.820. The first-order chi connectivity index (χ1) is 18.5. The maximum atomic E-state index is 11.4. The maximum absolute atomic E-state index is 11.4. The number of nitrogens with zero attached hydrogens (tertiary/aromatic N) is 4. The van der Waals surface area contributed by atoms with Crippen LogP contribution in [0.1, 0.15) is 23.5 Å². The van der Waals surface area contributed by atoms with Gasteiger partial charge in [-0.2, -0.15) is 0 Å². The molecule has 1 N–H and O–H groups in total. The molecule has 0 radical (unpaired) electrons. The zero-order valence-corrected chi connectivity index (χ0v) is 21.9. The van der Waals surface area contributed by atoms with Crippen LogP contribution in [0.3, 0.4) is 0 Å². The zero-order valence-electron chi connectivity index (χ0n) is 20.4. The van der Waals surface area contributed by atoms with E-state index in [1.165, 1.54) is 6.07 Å². The Morgan fingerprint density at radius 1 is 1.08 bits per heavy atom. The van der Waals surface area contributed by atoms with E-state index in [9.17, 15) is 10.1 Å². The molecule has 3 heterocycles. The van der Waals surface area contributed by atoms with Gasteiger partial charge in [-0.1, -0.05) is 23.7 Å². The van der Waals surface area contributed by atoms with Gasteiger partial charge in [0.15, 0.2) is 5.11 Å². The van der Waals surface area contributed by atoms with Gasteiger partial charge in [0.1, 0.15) is 18.4 Å². The highest BCUT2D eigenvalue weighted by Gasteiger charge is 2.42. The molecular weight excluding hydrogens is 526 g/mol. The third kappa shape index (κ3) is 5.06. The standard InChI is InChI=1S/C27H24ClN5O4S/c1-36-14-15-37-24-11-10-19(17-21(24)28)32-26(25(30-27(32)38)22-8-2-3-12-29-22)23-9-5-13-31(23)18-6-4-7-20(16-18)33(34)35/h2-13,16-17,25-26H,14-15H2,1H3,(H,30,38)/t25-,26-/m1/s1. The van der Waals surface area contributed by atoms with Gasteiger partial charge in [0.05, 0.1) is 34.0 Å². The van der Waals surface area contributed by atoms with Gasteiger partial charge >= 0.3 is 0 Å². The van der Waals surface area contributed by atoms with Crippen molar-refractivity contribution in [3.63, 3.8) is 0 Å². The number of nitro groups is 1. The third-order valence-corrected chi connectivity index (χ3v) is 6.85. The fourth-order valence-corrected chi connectivity index (χ4v) is 5.13. The molecule has 38 heavy (non-hydrogen) atoms. The molecule has 2 aromatic heterocycles. The van der Waals surface area contributed by atoms with Crippen molar-refractivity contribution in [2.75, 3.05) is 25.2 Å². The second-order valence-corrected chi connectivity index (χ2v) is 9.33. The molecule has 0 bridgehead atoms. The molecule has 4 aromatic rings. The Labute approximate surface area is 229 Å². The molecule has 2 atom stereocenters. The lowest BCUT2D eigenvalue weighted by atomic mass is 10.0. The van der Waals surface area contributed by atoms with Crippen LogP contribution in [0, 0.1) is 10.1 Å². The van der Waals surface area contributed by atoms with E-state index in [0.717, 1.165) is 17.1 Å². The number of aromatic nitrogens is 2. The highest BCUT2D eigenvalue weighted by atomic mass is 35.5. The van der Waals surface area contributed by atoms with E-state index in [4.69, 9.17) is 33.3 Å². The Morgan fingerprint density at radius 3 is 2.68 bits per heavy atom. The van der Waals surface area contributed by atoms with Crippen molar-refractivity contribution < 1.29 is 14.4 Å². The Balaban J connectivity index is 1.59. The summed E-state index contributed by atoms with van der Waals surface area (Å²) in [6.07, 6.45) is 3.62. The van der Waals surface area contributed by atoms with Crippen molar-refractivity contribution in [3.05, 3.63) is 112 Å². The fraction of sp³-hybridized carbons (Fsp3) is 0.185. The van der Waals surface area contributed by atoms with Crippen LogP contribution in [-0.4, -0.2) is 39.9 Å². The van der Waals surface area contributed by atoms with E-state index < -0.39 is 4.92 Å². The highest BCUT2D eigenvalue weighted by Crippen LogP contribution is 2.43. The van der Waals surface area contributed by atoms with E-state index in [1.54, 1.807) is 31.5 Å². The molecule has 0 spiro atoms. The average Bonchev–Trinajstić information content (AvgIpc) is 3.54. The van der Waals surface area contributed by atoms with Crippen molar-refractivity contribution in [3.8, 4) is 11.4 Å². The Bertz CT molecular complexity index is 1460. The van der Waals surface area contributed by atoms with Crippen LogP contribution in [0.2, 0.25) is 5.02 Å². The largest absolute Gasteiger partial charge is 0.490 e. The van der Waals surface area contributed by atoms with Gasteiger partial charge in [0.25, 0.3) is 5.69 Å². The first-order valence-electron chi connectivity index (χ1n) is 11.8. The van der Waals surface area contributed by atoms with Crippen LogP contribution in [0.4, 0.5) is 11.4 Å². The van der Waals surface area contributed by atoms with Gasteiger partial charge in [-0.3, -0.25) is 15.1 Å². The lowest BCUT2D eigenvalue weighted by molar-refractivity contribution is -0.384. The summed E-state index contributed by atoms with van der Waals surface area (Å²) >= 11 is 12.4. The number of anilines is 1.